The summed E-state index contributed by atoms with van der Waals surface area (Å²) in [6, 6.07) is 5.46. The molecule has 1 saturated heterocycles. The van der Waals surface area contributed by atoms with Gasteiger partial charge in [0.05, 0.1) is 0 Å². The maximum atomic E-state index is 12.5. The van der Waals surface area contributed by atoms with Gasteiger partial charge in [-0.3, -0.25) is 4.79 Å². The summed E-state index contributed by atoms with van der Waals surface area (Å²) in [7, 11) is 0. The Bertz CT molecular complexity index is 641. The molecule has 1 unspecified atom stereocenters. The second-order valence-electron chi connectivity index (χ2n) is 6.99. The molecule has 1 atom stereocenters. The average molecular weight is 303 g/mol. The first-order valence-electron chi connectivity index (χ1n) is 7.49. The molecule has 0 saturated carbocycles. The van der Waals surface area contributed by atoms with Crippen molar-refractivity contribution in [1.82, 2.24) is 5.32 Å². The molecule has 0 aromatic heterocycles. The van der Waals surface area contributed by atoms with E-state index < -0.39 is 23.3 Å². The normalized spacial score (nSPS) is 22.1. The number of fused-ring (bicyclic) bond motifs is 2. The Labute approximate surface area is 130 Å². The summed E-state index contributed by atoms with van der Waals surface area (Å²) >= 11 is 0. The minimum Gasteiger partial charge on any atom is -0.458 e. The SMILES string of the molecule is CC(=O)c1ccc2c(c1)C(C(=O)OC(C)(C)C)OC21CNC1. The van der Waals surface area contributed by atoms with Gasteiger partial charge >= 0.3 is 5.97 Å². The van der Waals surface area contributed by atoms with E-state index in [4.69, 9.17) is 9.47 Å². The van der Waals surface area contributed by atoms with Gasteiger partial charge in [-0.05, 0) is 44.9 Å². The number of hydrogen-bond acceptors (Lipinski definition) is 5. The van der Waals surface area contributed by atoms with E-state index in [1.165, 1.54) is 6.92 Å². The van der Waals surface area contributed by atoms with Crippen LogP contribution < -0.4 is 5.32 Å². The fraction of sp³-hybridized carbons (Fsp3) is 0.529. The van der Waals surface area contributed by atoms with Crippen LogP contribution >= 0.6 is 0 Å². The van der Waals surface area contributed by atoms with Crippen molar-refractivity contribution in [2.24, 2.45) is 0 Å². The average Bonchev–Trinajstić information content (AvgIpc) is 2.70. The van der Waals surface area contributed by atoms with Crippen LogP contribution in [0.5, 0.6) is 0 Å². The fourth-order valence-electron chi connectivity index (χ4n) is 2.92. The Hall–Kier alpha value is -1.72. The van der Waals surface area contributed by atoms with Gasteiger partial charge in [-0.25, -0.2) is 4.79 Å². The number of carbonyl (C=O) groups is 2. The molecule has 2 aliphatic heterocycles. The van der Waals surface area contributed by atoms with Crippen molar-refractivity contribution in [3.05, 3.63) is 34.9 Å². The lowest BCUT2D eigenvalue weighted by Gasteiger charge is -2.39. The van der Waals surface area contributed by atoms with E-state index in [1.807, 2.05) is 26.8 Å². The molecule has 5 nitrogen and oxygen atoms in total. The minimum atomic E-state index is -0.768. The van der Waals surface area contributed by atoms with E-state index in [0.29, 0.717) is 18.7 Å². The predicted molar refractivity (Wildman–Crippen MR) is 80.7 cm³/mol. The second-order valence-corrected chi connectivity index (χ2v) is 6.99. The van der Waals surface area contributed by atoms with Crippen LogP contribution in [0.3, 0.4) is 0 Å². The summed E-state index contributed by atoms with van der Waals surface area (Å²) in [4.78, 5) is 24.1. The molecule has 1 aromatic rings. The molecule has 3 rings (SSSR count). The summed E-state index contributed by atoms with van der Waals surface area (Å²) in [5, 5.41) is 3.19. The molecule has 0 radical (unpaired) electrons. The van der Waals surface area contributed by atoms with Gasteiger partial charge in [-0.2, -0.15) is 0 Å². The van der Waals surface area contributed by atoms with Crippen molar-refractivity contribution < 1.29 is 19.1 Å². The van der Waals surface area contributed by atoms with Crippen LogP contribution in [0.2, 0.25) is 0 Å². The minimum absolute atomic E-state index is 0.0292. The van der Waals surface area contributed by atoms with E-state index in [0.717, 1.165) is 11.1 Å². The van der Waals surface area contributed by atoms with Gasteiger partial charge in [0, 0.05) is 18.7 Å². The van der Waals surface area contributed by atoms with E-state index in [1.54, 1.807) is 12.1 Å². The Kier molecular flexibility index (Phi) is 3.38. The lowest BCUT2D eigenvalue weighted by atomic mass is 9.85. The molecule has 0 amide bonds. The number of benzene rings is 1. The molecule has 1 aromatic carbocycles. The van der Waals surface area contributed by atoms with Crippen LogP contribution in [0.4, 0.5) is 0 Å². The third-order valence-corrected chi connectivity index (χ3v) is 4.02. The third-order valence-electron chi connectivity index (χ3n) is 4.02. The fourth-order valence-corrected chi connectivity index (χ4v) is 2.92. The van der Waals surface area contributed by atoms with Gasteiger partial charge < -0.3 is 14.8 Å². The summed E-state index contributed by atoms with van der Waals surface area (Å²) < 4.78 is 11.5. The number of carbonyl (C=O) groups excluding carboxylic acids is 2. The maximum Gasteiger partial charge on any atom is 0.340 e. The molecule has 1 N–H and O–H groups in total. The molecule has 1 spiro atoms. The number of hydrogen-bond donors (Lipinski definition) is 1. The maximum absolute atomic E-state index is 12.5. The van der Waals surface area contributed by atoms with Crippen molar-refractivity contribution in [3.8, 4) is 0 Å². The van der Waals surface area contributed by atoms with Gasteiger partial charge in [-0.1, -0.05) is 12.1 Å². The lowest BCUT2D eigenvalue weighted by molar-refractivity contribution is -0.182. The van der Waals surface area contributed by atoms with Crippen LogP contribution in [0.1, 0.15) is 55.3 Å². The summed E-state index contributed by atoms with van der Waals surface area (Å²) in [5.74, 6) is -0.434. The first kappa shape index (κ1) is 15.2. The smallest absolute Gasteiger partial charge is 0.340 e. The summed E-state index contributed by atoms with van der Waals surface area (Å²) in [5.41, 5.74) is 1.27. The van der Waals surface area contributed by atoms with E-state index >= 15 is 0 Å². The molecule has 118 valence electrons. The highest BCUT2D eigenvalue weighted by molar-refractivity contribution is 5.95. The van der Waals surface area contributed by atoms with Crippen LogP contribution in [0.15, 0.2) is 18.2 Å². The van der Waals surface area contributed by atoms with Crippen molar-refractivity contribution >= 4 is 11.8 Å². The van der Waals surface area contributed by atoms with E-state index in [-0.39, 0.29) is 5.78 Å². The molecule has 1 fully saturated rings. The van der Waals surface area contributed by atoms with Gasteiger partial charge in [0.1, 0.15) is 11.2 Å². The Morgan fingerprint density at radius 2 is 2.00 bits per heavy atom. The standard InChI is InChI=1S/C17H21NO4/c1-10(19)11-5-6-13-12(7-11)14(15(20)22-16(2,3)4)21-17(13)8-18-9-17/h5-7,14,18H,8-9H2,1-4H3. The zero-order valence-corrected chi connectivity index (χ0v) is 13.4. The number of Topliss-reactive ketones (excluding diaryl/α,β-unsaturated/α-hetero) is 1. The number of ether oxygens (including phenoxy) is 2. The number of esters is 1. The lowest BCUT2D eigenvalue weighted by Crippen LogP contribution is -2.57. The molecular formula is C17H21NO4. The van der Waals surface area contributed by atoms with Gasteiger partial charge in [0.15, 0.2) is 11.9 Å². The highest BCUT2D eigenvalue weighted by Gasteiger charge is 2.52. The zero-order valence-electron chi connectivity index (χ0n) is 13.4. The van der Waals surface area contributed by atoms with Crippen molar-refractivity contribution in [2.75, 3.05) is 13.1 Å². The van der Waals surface area contributed by atoms with Crippen LogP contribution in [0, 0.1) is 0 Å². The van der Waals surface area contributed by atoms with E-state index in [9.17, 15) is 9.59 Å². The molecular weight excluding hydrogens is 282 g/mol. The first-order chi connectivity index (χ1) is 10.2. The second kappa shape index (κ2) is 4.89. The first-order valence-corrected chi connectivity index (χ1v) is 7.49. The Morgan fingerprint density at radius 1 is 1.32 bits per heavy atom. The Balaban J connectivity index is 1.99. The topological polar surface area (TPSA) is 64.6 Å². The van der Waals surface area contributed by atoms with Crippen molar-refractivity contribution in [3.63, 3.8) is 0 Å². The van der Waals surface area contributed by atoms with Gasteiger partial charge in [0.25, 0.3) is 0 Å². The molecule has 0 aliphatic carbocycles. The molecule has 5 heteroatoms. The summed E-state index contributed by atoms with van der Waals surface area (Å²) in [6.45, 7) is 8.33. The van der Waals surface area contributed by atoms with Crippen LogP contribution in [-0.4, -0.2) is 30.4 Å². The quantitative estimate of drug-likeness (QED) is 0.669. The Morgan fingerprint density at radius 3 is 2.50 bits per heavy atom. The van der Waals surface area contributed by atoms with Gasteiger partial charge in [0.2, 0.25) is 0 Å². The monoisotopic (exact) mass is 303 g/mol. The third kappa shape index (κ3) is 2.44. The number of ketones is 1. The van der Waals surface area contributed by atoms with Crippen LogP contribution in [-0.2, 0) is 19.9 Å². The number of rotatable bonds is 2. The zero-order chi connectivity index (χ0) is 16.1. The largest absolute Gasteiger partial charge is 0.458 e. The molecule has 0 bridgehead atoms. The predicted octanol–water partition coefficient (Wildman–Crippen LogP) is 2.10. The summed E-state index contributed by atoms with van der Waals surface area (Å²) in [6.07, 6.45) is -0.768. The van der Waals surface area contributed by atoms with E-state index in [2.05, 4.69) is 5.32 Å². The van der Waals surface area contributed by atoms with Crippen LogP contribution in [0.25, 0.3) is 0 Å². The highest BCUT2D eigenvalue weighted by Crippen LogP contribution is 2.46. The molecule has 22 heavy (non-hydrogen) atoms. The number of nitrogens with one attached hydrogen (secondary N) is 1. The molecule has 2 aliphatic rings. The molecule has 2 heterocycles. The van der Waals surface area contributed by atoms with Crippen molar-refractivity contribution in [2.45, 2.75) is 45.0 Å². The van der Waals surface area contributed by atoms with Crippen molar-refractivity contribution in [1.29, 1.82) is 0 Å². The van der Waals surface area contributed by atoms with Gasteiger partial charge in [-0.15, -0.1) is 0 Å². The highest BCUT2D eigenvalue weighted by atomic mass is 16.6.